The van der Waals surface area contributed by atoms with E-state index in [1.807, 2.05) is 17.4 Å². The maximum absolute atomic E-state index is 5.64. The van der Waals surface area contributed by atoms with E-state index in [-0.39, 0.29) is 0 Å². The van der Waals surface area contributed by atoms with E-state index < -0.39 is 0 Å². The molecular weight excluding hydrogens is 369 g/mol. The summed E-state index contributed by atoms with van der Waals surface area (Å²) in [5, 5.41) is 5.88. The molecular formula is C15H18INOS. The minimum absolute atomic E-state index is 0.491. The molecule has 0 amide bonds. The molecule has 2 aromatic heterocycles. The number of thiophene rings is 1. The summed E-state index contributed by atoms with van der Waals surface area (Å²) < 4.78 is 6.60. The van der Waals surface area contributed by atoms with Crippen LogP contribution in [0.3, 0.4) is 0 Å². The van der Waals surface area contributed by atoms with Crippen LogP contribution in [-0.2, 0) is 6.54 Å². The van der Waals surface area contributed by atoms with Crippen molar-refractivity contribution in [2.75, 3.05) is 0 Å². The molecule has 102 valence electrons. The third kappa shape index (κ3) is 3.41. The van der Waals surface area contributed by atoms with E-state index in [1.165, 1.54) is 30.6 Å². The van der Waals surface area contributed by atoms with Crippen LogP contribution in [0.5, 0.6) is 0 Å². The molecule has 1 atom stereocenters. The van der Waals surface area contributed by atoms with E-state index >= 15 is 0 Å². The lowest BCUT2D eigenvalue weighted by Gasteiger charge is -2.23. The molecule has 1 fully saturated rings. The summed E-state index contributed by atoms with van der Waals surface area (Å²) in [7, 11) is 0. The van der Waals surface area contributed by atoms with Gasteiger partial charge in [-0.3, -0.25) is 0 Å². The molecule has 3 rings (SSSR count). The second kappa shape index (κ2) is 6.41. The highest BCUT2D eigenvalue weighted by Crippen LogP contribution is 2.37. The van der Waals surface area contributed by atoms with E-state index in [9.17, 15) is 0 Å². The van der Waals surface area contributed by atoms with Gasteiger partial charge in [0, 0.05) is 10.9 Å². The quantitative estimate of drug-likeness (QED) is 0.734. The Kier molecular flexibility index (Phi) is 4.61. The lowest BCUT2D eigenvalue weighted by Crippen LogP contribution is -2.25. The Morgan fingerprint density at radius 1 is 1.32 bits per heavy atom. The van der Waals surface area contributed by atoms with Crippen molar-refractivity contribution in [3.63, 3.8) is 0 Å². The summed E-state index contributed by atoms with van der Waals surface area (Å²) in [6, 6.07) is 8.99. The van der Waals surface area contributed by atoms with Crippen LogP contribution in [0.4, 0.5) is 0 Å². The minimum Gasteiger partial charge on any atom is -0.454 e. The molecule has 19 heavy (non-hydrogen) atoms. The second-order valence-corrected chi connectivity index (χ2v) is 7.17. The van der Waals surface area contributed by atoms with Crippen molar-refractivity contribution >= 4 is 33.9 Å². The van der Waals surface area contributed by atoms with Crippen molar-refractivity contribution in [2.45, 2.75) is 38.3 Å². The molecule has 0 saturated heterocycles. The number of furan rings is 1. The summed E-state index contributed by atoms with van der Waals surface area (Å²) in [5.41, 5.74) is 0. The zero-order chi connectivity index (χ0) is 13.1. The molecule has 4 heteroatoms. The van der Waals surface area contributed by atoms with Crippen LogP contribution in [0.1, 0.15) is 42.4 Å². The Hall–Kier alpha value is -0.330. The van der Waals surface area contributed by atoms with Gasteiger partial charge < -0.3 is 9.73 Å². The molecule has 1 unspecified atom stereocenters. The van der Waals surface area contributed by atoms with Gasteiger partial charge in [0.05, 0.1) is 6.54 Å². The van der Waals surface area contributed by atoms with Crippen LogP contribution in [0.25, 0.3) is 0 Å². The normalized spacial score (nSPS) is 17.9. The molecule has 2 heterocycles. The van der Waals surface area contributed by atoms with Gasteiger partial charge in [0.1, 0.15) is 5.76 Å². The van der Waals surface area contributed by atoms with E-state index in [2.05, 4.69) is 51.5 Å². The van der Waals surface area contributed by atoms with Gasteiger partial charge in [-0.1, -0.05) is 18.9 Å². The first-order valence-corrected chi connectivity index (χ1v) is 8.80. The Balaban J connectivity index is 1.68. The SMILES string of the molecule is Ic1ccc(CNC(c2cccs2)C2CCCC2)o1. The largest absolute Gasteiger partial charge is 0.454 e. The molecule has 1 N–H and O–H groups in total. The van der Waals surface area contributed by atoms with Crippen molar-refractivity contribution in [1.29, 1.82) is 0 Å². The first kappa shape index (κ1) is 13.6. The van der Waals surface area contributed by atoms with Crippen molar-refractivity contribution in [1.82, 2.24) is 5.32 Å². The third-order valence-electron chi connectivity index (χ3n) is 3.85. The number of hydrogen-bond donors (Lipinski definition) is 1. The fraction of sp³-hybridized carbons (Fsp3) is 0.467. The smallest absolute Gasteiger partial charge is 0.164 e. The van der Waals surface area contributed by atoms with Crippen LogP contribution in [0, 0.1) is 9.68 Å². The monoisotopic (exact) mass is 387 g/mol. The zero-order valence-electron chi connectivity index (χ0n) is 10.8. The van der Waals surface area contributed by atoms with E-state index in [4.69, 9.17) is 4.42 Å². The topological polar surface area (TPSA) is 25.2 Å². The molecule has 0 bridgehead atoms. The van der Waals surface area contributed by atoms with Crippen molar-refractivity contribution in [3.05, 3.63) is 44.0 Å². The molecule has 0 aliphatic heterocycles. The number of nitrogens with one attached hydrogen (secondary N) is 1. The van der Waals surface area contributed by atoms with Gasteiger partial charge in [0.2, 0.25) is 0 Å². The van der Waals surface area contributed by atoms with Crippen molar-refractivity contribution < 1.29 is 4.42 Å². The standard InChI is InChI=1S/C15H18INOS/c16-14-8-7-12(18-14)10-17-15(11-4-1-2-5-11)13-6-3-9-19-13/h3,6-9,11,15,17H,1-2,4-5,10H2. The van der Waals surface area contributed by atoms with E-state index in [1.54, 1.807) is 0 Å². The van der Waals surface area contributed by atoms with Crippen LogP contribution in [0.15, 0.2) is 34.1 Å². The molecule has 2 aromatic rings. The predicted octanol–water partition coefficient (Wildman–Crippen LogP) is 4.97. The average molecular weight is 387 g/mol. The van der Waals surface area contributed by atoms with Crippen molar-refractivity contribution in [3.8, 4) is 0 Å². The Labute approximate surface area is 131 Å². The lowest BCUT2D eigenvalue weighted by molar-refractivity contribution is 0.351. The van der Waals surface area contributed by atoms with Gasteiger partial charge in [-0.2, -0.15) is 0 Å². The van der Waals surface area contributed by atoms with Gasteiger partial charge >= 0.3 is 0 Å². The van der Waals surface area contributed by atoms with Gasteiger partial charge in [0.25, 0.3) is 0 Å². The Bertz CT molecular complexity index is 502. The first-order valence-electron chi connectivity index (χ1n) is 6.84. The minimum atomic E-state index is 0.491. The Morgan fingerprint density at radius 3 is 2.79 bits per heavy atom. The van der Waals surface area contributed by atoms with Crippen LogP contribution in [0.2, 0.25) is 0 Å². The summed E-state index contributed by atoms with van der Waals surface area (Å²) in [5.74, 6) is 1.82. The molecule has 2 nitrogen and oxygen atoms in total. The van der Waals surface area contributed by atoms with Gasteiger partial charge in [-0.15, -0.1) is 11.3 Å². The van der Waals surface area contributed by atoms with Crippen LogP contribution in [-0.4, -0.2) is 0 Å². The highest BCUT2D eigenvalue weighted by molar-refractivity contribution is 14.1. The summed E-state index contributed by atoms with van der Waals surface area (Å²) in [4.78, 5) is 1.47. The highest BCUT2D eigenvalue weighted by Gasteiger charge is 2.26. The molecule has 0 spiro atoms. The maximum atomic E-state index is 5.64. The second-order valence-electron chi connectivity index (χ2n) is 5.12. The third-order valence-corrected chi connectivity index (χ3v) is 5.38. The van der Waals surface area contributed by atoms with Crippen molar-refractivity contribution in [2.24, 2.45) is 5.92 Å². The number of halogens is 1. The molecule has 1 aliphatic rings. The number of hydrogen-bond acceptors (Lipinski definition) is 3. The molecule has 0 radical (unpaired) electrons. The first-order chi connectivity index (χ1) is 9.33. The maximum Gasteiger partial charge on any atom is 0.164 e. The summed E-state index contributed by atoms with van der Waals surface area (Å²) in [6.07, 6.45) is 5.47. The number of rotatable bonds is 5. The van der Waals surface area contributed by atoms with E-state index in [0.29, 0.717) is 6.04 Å². The predicted molar refractivity (Wildman–Crippen MR) is 87.3 cm³/mol. The van der Waals surface area contributed by atoms with Gasteiger partial charge in [-0.25, -0.2) is 0 Å². The average Bonchev–Trinajstić information content (AvgIpc) is 3.11. The molecule has 1 aliphatic carbocycles. The zero-order valence-corrected chi connectivity index (χ0v) is 13.7. The summed E-state index contributed by atoms with van der Waals surface area (Å²) >= 11 is 4.08. The summed E-state index contributed by atoms with van der Waals surface area (Å²) in [6.45, 7) is 0.821. The van der Waals surface area contributed by atoms with E-state index in [0.717, 1.165) is 22.0 Å². The highest BCUT2D eigenvalue weighted by atomic mass is 127. The molecule has 0 aromatic carbocycles. The molecule has 1 saturated carbocycles. The Morgan fingerprint density at radius 2 is 2.16 bits per heavy atom. The van der Waals surface area contributed by atoms with Gasteiger partial charge in [0.15, 0.2) is 3.77 Å². The van der Waals surface area contributed by atoms with Crippen LogP contribution >= 0.6 is 33.9 Å². The lowest BCUT2D eigenvalue weighted by atomic mass is 9.96. The van der Waals surface area contributed by atoms with Crippen LogP contribution < -0.4 is 5.32 Å². The van der Waals surface area contributed by atoms with Gasteiger partial charge in [-0.05, 0) is 64.9 Å². The fourth-order valence-corrected chi connectivity index (χ4v) is 4.27. The fourth-order valence-electron chi connectivity index (χ4n) is 2.92.